The largest absolute Gasteiger partial charge is 0.490 e. The van der Waals surface area contributed by atoms with Gasteiger partial charge in [0.2, 0.25) is 0 Å². The maximum atomic E-state index is 15.4. The van der Waals surface area contributed by atoms with Gasteiger partial charge in [0.25, 0.3) is 0 Å². The van der Waals surface area contributed by atoms with Crippen molar-refractivity contribution in [3.8, 4) is 17.6 Å². The fourth-order valence-corrected chi connectivity index (χ4v) is 6.29. The Balaban J connectivity index is 1.13. The lowest BCUT2D eigenvalue weighted by Crippen LogP contribution is -2.38. The van der Waals surface area contributed by atoms with E-state index < -0.39 is 17.6 Å². The fourth-order valence-electron chi connectivity index (χ4n) is 6.13. The number of hydrogen-bond donors (Lipinski definition) is 1. The van der Waals surface area contributed by atoms with Crippen LogP contribution in [-0.4, -0.2) is 44.7 Å². The normalized spacial score (nSPS) is 16.6. The molecule has 3 aromatic carbocycles. The van der Waals surface area contributed by atoms with Crippen molar-refractivity contribution in [2.45, 2.75) is 64.8 Å². The second kappa shape index (κ2) is 13.7. The van der Waals surface area contributed by atoms with Crippen LogP contribution in [0, 0.1) is 28.4 Å². The van der Waals surface area contributed by atoms with E-state index in [1.165, 1.54) is 18.2 Å². The third-order valence-corrected chi connectivity index (χ3v) is 9.21. The van der Waals surface area contributed by atoms with E-state index in [1.54, 1.807) is 19.1 Å². The summed E-state index contributed by atoms with van der Waals surface area (Å²) in [7, 11) is 0. The smallest absolute Gasteiger partial charge is 0.328 e. The third kappa shape index (κ3) is 7.75. The van der Waals surface area contributed by atoms with Crippen LogP contribution in [0.15, 0.2) is 60.7 Å². The van der Waals surface area contributed by atoms with Gasteiger partial charge in [-0.05, 0) is 91.8 Å². The maximum absolute atomic E-state index is 15.4. The number of imidazole rings is 1. The number of piperidine rings is 1. The Morgan fingerprint density at radius 1 is 1.15 bits per heavy atom. The summed E-state index contributed by atoms with van der Waals surface area (Å²) in [5.41, 5.74) is 2.49. The van der Waals surface area contributed by atoms with E-state index in [0.29, 0.717) is 46.9 Å². The van der Waals surface area contributed by atoms with Crippen molar-refractivity contribution >= 4 is 34.2 Å². The number of halogens is 3. The molecule has 2 fully saturated rings. The van der Waals surface area contributed by atoms with Gasteiger partial charge in [-0.25, -0.2) is 18.6 Å². The standard InChI is InChI=1S/C36H35ClF2N4O4/c1-23(15-34(44)45)25-17-30(39)35-31(18-25)43(22-36(9-10-36)11-12-40)33(41-35)20-42-13-7-27(8-14-42)47-28-4-2-3-24(16-28)21-46-32-6-5-26(37)19-29(32)38/h2-6,15-19,27H,7-11,13-14,20-22H2,1H3,(H,44,45)/b23-15+. The van der Waals surface area contributed by atoms with Gasteiger partial charge in [-0.2, -0.15) is 5.26 Å². The first-order valence-corrected chi connectivity index (χ1v) is 16.0. The van der Waals surface area contributed by atoms with E-state index in [-0.39, 0.29) is 29.4 Å². The molecule has 1 saturated heterocycles. The quantitative estimate of drug-likeness (QED) is 0.155. The zero-order valence-corrected chi connectivity index (χ0v) is 26.8. The van der Waals surface area contributed by atoms with Gasteiger partial charge >= 0.3 is 5.97 Å². The minimum Gasteiger partial charge on any atom is -0.490 e. The number of carboxylic acids is 1. The molecular formula is C36H35ClF2N4O4. The molecule has 244 valence electrons. The molecule has 2 aliphatic rings. The molecule has 0 atom stereocenters. The van der Waals surface area contributed by atoms with Crippen molar-refractivity contribution in [3.05, 3.63) is 94.3 Å². The zero-order valence-electron chi connectivity index (χ0n) is 26.0. The summed E-state index contributed by atoms with van der Waals surface area (Å²) in [5.74, 6) is -0.536. The number of carboxylic acid groups (broad SMARTS) is 1. The van der Waals surface area contributed by atoms with Gasteiger partial charge in [0.1, 0.15) is 29.8 Å². The number of allylic oxidation sites excluding steroid dienone is 1. The maximum Gasteiger partial charge on any atom is 0.328 e. The number of rotatable bonds is 12. The molecule has 8 nitrogen and oxygen atoms in total. The summed E-state index contributed by atoms with van der Waals surface area (Å²) in [5, 5.41) is 19.0. The number of fused-ring (bicyclic) bond motifs is 1. The van der Waals surface area contributed by atoms with Crippen molar-refractivity contribution in [1.82, 2.24) is 14.5 Å². The van der Waals surface area contributed by atoms with E-state index in [9.17, 15) is 19.6 Å². The van der Waals surface area contributed by atoms with Crippen LogP contribution >= 0.6 is 11.6 Å². The van der Waals surface area contributed by atoms with Crippen molar-refractivity contribution in [3.63, 3.8) is 0 Å². The number of benzene rings is 3. The Hall–Kier alpha value is -4.46. The first-order chi connectivity index (χ1) is 22.6. The summed E-state index contributed by atoms with van der Waals surface area (Å²) in [4.78, 5) is 18.3. The van der Waals surface area contributed by atoms with E-state index >= 15 is 4.39 Å². The van der Waals surface area contributed by atoms with E-state index in [2.05, 4.69) is 11.0 Å². The molecular weight excluding hydrogens is 626 g/mol. The van der Waals surface area contributed by atoms with Gasteiger partial charge in [0, 0.05) is 42.6 Å². The second-order valence-electron chi connectivity index (χ2n) is 12.5. The van der Waals surface area contributed by atoms with Crippen LogP contribution in [0.1, 0.15) is 56.0 Å². The van der Waals surface area contributed by atoms with Gasteiger partial charge in [0.15, 0.2) is 17.4 Å². The molecule has 1 aliphatic carbocycles. The van der Waals surface area contributed by atoms with Crippen LogP contribution in [0.25, 0.3) is 16.6 Å². The Morgan fingerprint density at radius 3 is 2.64 bits per heavy atom. The molecule has 1 aliphatic heterocycles. The number of carbonyl (C=O) groups is 1. The second-order valence-corrected chi connectivity index (χ2v) is 13.0. The highest BCUT2D eigenvalue weighted by Gasteiger charge is 2.43. The van der Waals surface area contributed by atoms with Gasteiger partial charge in [-0.15, -0.1) is 0 Å². The molecule has 0 unspecified atom stereocenters. The zero-order chi connectivity index (χ0) is 33.1. The monoisotopic (exact) mass is 660 g/mol. The molecule has 11 heteroatoms. The van der Waals surface area contributed by atoms with Crippen LogP contribution in [0.5, 0.6) is 11.5 Å². The van der Waals surface area contributed by atoms with Gasteiger partial charge in [0.05, 0.1) is 18.1 Å². The number of nitriles is 1. The molecule has 0 radical (unpaired) electrons. The van der Waals surface area contributed by atoms with Crippen LogP contribution in [-0.2, 0) is 24.5 Å². The van der Waals surface area contributed by atoms with Crippen molar-refractivity contribution < 1.29 is 28.2 Å². The number of aliphatic carboxylic acids is 1. The Labute approximate surface area is 276 Å². The topological polar surface area (TPSA) is 101 Å². The van der Waals surface area contributed by atoms with Crippen molar-refractivity contribution in [1.29, 1.82) is 5.26 Å². The highest BCUT2D eigenvalue weighted by Crippen LogP contribution is 2.50. The predicted molar refractivity (Wildman–Crippen MR) is 174 cm³/mol. The molecule has 4 aromatic rings. The average Bonchev–Trinajstić information content (AvgIpc) is 3.71. The highest BCUT2D eigenvalue weighted by molar-refractivity contribution is 6.30. The number of hydrogen-bond acceptors (Lipinski definition) is 6. The van der Waals surface area contributed by atoms with E-state index in [1.807, 2.05) is 28.8 Å². The number of nitrogens with zero attached hydrogens (tertiary/aromatic N) is 4. The molecule has 0 bridgehead atoms. The van der Waals surface area contributed by atoms with E-state index in [0.717, 1.165) is 56.2 Å². The number of aromatic nitrogens is 2. The van der Waals surface area contributed by atoms with Crippen LogP contribution in [0.3, 0.4) is 0 Å². The van der Waals surface area contributed by atoms with Gasteiger partial charge in [-0.3, -0.25) is 4.90 Å². The lowest BCUT2D eigenvalue weighted by Gasteiger charge is -2.32. The summed E-state index contributed by atoms with van der Waals surface area (Å²) in [6.07, 6.45) is 4.91. The molecule has 1 aromatic heterocycles. The molecule has 1 saturated carbocycles. The summed E-state index contributed by atoms with van der Waals surface area (Å²) in [6.45, 7) is 4.40. The average molecular weight is 661 g/mol. The van der Waals surface area contributed by atoms with Crippen molar-refractivity contribution in [2.24, 2.45) is 5.41 Å². The van der Waals surface area contributed by atoms with Crippen LogP contribution < -0.4 is 9.47 Å². The highest BCUT2D eigenvalue weighted by atomic mass is 35.5. The Morgan fingerprint density at radius 2 is 1.94 bits per heavy atom. The minimum atomic E-state index is -1.09. The van der Waals surface area contributed by atoms with E-state index in [4.69, 9.17) is 26.1 Å². The van der Waals surface area contributed by atoms with Gasteiger partial charge < -0.3 is 19.1 Å². The number of ether oxygens (including phenoxy) is 2. The first kappa shape index (κ1) is 32.5. The molecule has 1 N–H and O–H groups in total. The fraction of sp³-hybridized carbons (Fsp3) is 0.361. The minimum absolute atomic E-state index is 0.00399. The summed E-state index contributed by atoms with van der Waals surface area (Å²) < 4.78 is 43.5. The lowest BCUT2D eigenvalue weighted by atomic mass is 10.0. The summed E-state index contributed by atoms with van der Waals surface area (Å²) in [6, 6.07) is 17.3. The Kier molecular flexibility index (Phi) is 9.48. The predicted octanol–water partition coefficient (Wildman–Crippen LogP) is 7.77. The first-order valence-electron chi connectivity index (χ1n) is 15.6. The molecule has 0 spiro atoms. The van der Waals surface area contributed by atoms with Gasteiger partial charge in [-0.1, -0.05) is 23.7 Å². The molecule has 6 rings (SSSR count). The molecule has 0 amide bonds. The number of likely N-dealkylation sites (tertiary alicyclic amines) is 1. The third-order valence-electron chi connectivity index (χ3n) is 8.98. The lowest BCUT2D eigenvalue weighted by molar-refractivity contribution is -0.131. The summed E-state index contributed by atoms with van der Waals surface area (Å²) >= 11 is 5.83. The van der Waals surface area contributed by atoms with Crippen LogP contribution in [0.2, 0.25) is 5.02 Å². The molecule has 47 heavy (non-hydrogen) atoms. The molecule has 2 heterocycles. The van der Waals surface area contributed by atoms with Crippen molar-refractivity contribution in [2.75, 3.05) is 13.1 Å². The SMILES string of the molecule is C/C(=C\C(=O)O)c1cc(F)c2nc(CN3CCC(Oc4cccc(COc5ccc(Cl)cc5F)c4)CC3)n(CC3(CC#N)CC3)c2c1. The van der Waals surface area contributed by atoms with Crippen LogP contribution in [0.4, 0.5) is 8.78 Å². The Bertz CT molecular complexity index is 1870.